The third-order valence-corrected chi connectivity index (χ3v) is 5.27. The summed E-state index contributed by atoms with van der Waals surface area (Å²) in [7, 11) is 0. The summed E-state index contributed by atoms with van der Waals surface area (Å²) in [5.74, 6) is -0.0536. The Morgan fingerprint density at radius 2 is 2.12 bits per heavy atom. The third kappa shape index (κ3) is 3.34. The van der Waals surface area contributed by atoms with Gasteiger partial charge in [0.1, 0.15) is 5.88 Å². The van der Waals surface area contributed by atoms with Gasteiger partial charge in [-0.2, -0.15) is 5.10 Å². The predicted molar refractivity (Wildman–Crippen MR) is 96.0 cm³/mol. The summed E-state index contributed by atoms with van der Waals surface area (Å²) >= 11 is 5.89. The number of hydrogen-bond acceptors (Lipinski definition) is 2. The van der Waals surface area contributed by atoms with Crippen LogP contribution in [-0.2, 0) is 11.3 Å². The van der Waals surface area contributed by atoms with Gasteiger partial charge in [-0.1, -0.05) is 24.3 Å². The highest BCUT2D eigenvalue weighted by Gasteiger charge is 2.26. The average molecular weight is 346 g/mol. The second-order valence-corrected chi connectivity index (χ2v) is 6.81. The van der Waals surface area contributed by atoms with Crippen LogP contribution in [0.3, 0.4) is 0 Å². The number of carbonyl (C=O) groups excluding carboxylic acids is 1. The van der Waals surface area contributed by atoms with Crippen LogP contribution in [0.2, 0.25) is 0 Å². The third-order valence-electron chi connectivity index (χ3n) is 5.05. The quantitative estimate of drug-likeness (QED) is 0.734. The van der Waals surface area contributed by atoms with Crippen LogP contribution in [0.15, 0.2) is 36.5 Å². The first-order chi connectivity index (χ1) is 11.6. The number of rotatable bonds is 6. The Kier molecular flexibility index (Phi) is 5.24. The summed E-state index contributed by atoms with van der Waals surface area (Å²) in [5, 5.41) is 4.47. The highest BCUT2D eigenvalue weighted by molar-refractivity contribution is 6.27. The Bertz CT molecular complexity index is 708. The zero-order chi connectivity index (χ0) is 17.1. The Labute approximate surface area is 148 Å². The van der Waals surface area contributed by atoms with Crippen molar-refractivity contribution in [2.24, 2.45) is 0 Å². The van der Waals surface area contributed by atoms with Gasteiger partial charge in [-0.15, -0.1) is 11.6 Å². The number of amides is 1. The van der Waals surface area contributed by atoms with Crippen molar-refractivity contribution >= 4 is 17.5 Å². The van der Waals surface area contributed by atoms with E-state index in [1.807, 2.05) is 29.3 Å². The highest BCUT2D eigenvalue weighted by atomic mass is 35.5. The maximum atomic E-state index is 12.5. The van der Waals surface area contributed by atoms with Crippen molar-refractivity contribution in [1.29, 1.82) is 0 Å². The lowest BCUT2D eigenvalue weighted by Gasteiger charge is -2.32. The number of aromatic nitrogens is 2. The molecule has 1 aromatic carbocycles. The van der Waals surface area contributed by atoms with Gasteiger partial charge in [0.2, 0.25) is 5.91 Å². The maximum absolute atomic E-state index is 12.5. The SMILES string of the molecule is Cc1ccccc1C(C)N(Cc1ccnn1C1CCC1)C(=O)CCl. The molecule has 1 atom stereocenters. The molecule has 1 fully saturated rings. The normalized spacial score (nSPS) is 15.8. The zero-order valence-corrected chi connectivity index (χ0v) is 15.0. The van der Waals surface area contributed by atoms with Crippen LogP contribution in [0.5, 0.6) is 0 Å². The molecule has 128 valence electrons. The molecule has 1 heterocycles. The number of benzene rings is 1. The lowest BCUT2D eigenvalue weighted by Crippen LogP contribution is -2.35. The van der Waals surface area contributed by atoms with Crippen molar-refractivity contribution in [2.45, 2.75) is 51.7 Å². The molecule has 2 aromatic rings. The Morgan fingerprint density at radius 1 is 1.38 bits per heavy atom. The van der Waals surface area contributed by atoms with Gasteiger partial charge in [0.05, 0.1) is 24.3 Å². The van der Waals surface area contributed by atoms with E-state index in [0.717, 1.165) is 11.3 Å². The van der Waals surface area contributed by atoms with Gasteiger partial charge in [-0.25, -0.2) is 0 Å². The summed E-state index contributed by atoms with van der Waals surface area (Å²) in [4.78, 5) is 14.4. The van der Waals surface area contributed by atoms with Crippen molar-refractivity contribution in [3.8, 4) is 0 Å². The fourth-order valence-electron chi connectivity index (χ4n) is 3.34. The molecule has 1 aromatic heterocycles. The first kappa shape index (κ1) is 17.0. The summed E-state index contributed by atoms with van der Waals surface area (Å²) < 4.78 is 2.09. The van der Waals surface area contributed by atoms with E-state index in [1.165, 1.54) is 24.8 Å². The van der Waals surface area contributed by atoms with Crippen LogP contribution in [0.4, 0.5) is 0 Å². The zero-order valence-electron chi connectivity index (χ0n) is 14.3. The molecule has 24 heavy (non-hydrogen) atoms. The Balaban J connectivity index is 1.86. The van der Waals surface area contributed by atoms with Gasteiger partial charge in [-0.3, -0.25) is 9.48 Å². The topological polar surface area (TPSA) is 38.1 Å². The van der Waals surface area contributed by atoms with E-state index >= 15 is 0 Å². The number of aryl methyl sites for hydroxylation is 1. The average Bonchev–Trinajstić information content (AvgIpc) is 2.98. The molecule has 0 radical (unpaired) electrons. The molecular formula is C19H24ClN3O. The number of nitrogens with zero attached hydrogens (tertiary/aromatic N) is 3. The van der Waals surface area contributed by atoms with Crippen molar-refractivity contribution in [2.75, 3.05) is 5.88 Å². The van der Waals surface area contributed by atoms with E-state index in [2.05, 4.69) is 35.8 Å². The van der Waals surface area contributed by atoms with E-state index < -0.39 is 0 Å². The van der Waals surface area contributed by atoms with E-state index in [4.69, 9.17) is 11.6 Å². The molecular weight excluding hydrogens is 322 g/mol. The lowest BCUT2D eigenvalue weighted by molar-refractivity contribution is -0.131. The minimum Gasteiger partial charge on any atom is -0.329 e. The molecule has 0 saturated heterocycles. The smallest absolute Gasteiger partial charge is 0.238 e. The van der Waals surface area contributed by atoms with Crippen LogP contribution in [0, 0.1) is 6.92 Å². The lowest BCUT2D eigenvalue weighted by atomic mass is 9.93. The molecule has 1 unspecified atom stereocenters. The summed E-state index contributed by atoms with van der Waals surface area (Å²) in [6, 6.07) is 10.7. The van der Waals surface area contributed by atoms with Crippen molar-refractivity contribution in [3.05, 3.63) is 53.3 Å². The maximum Gasteiger partial charge on any atom is 0.238 e. The van der Waals surface area contributed by atoms with Crippen molar-refractivity contribution in [1.82, 2.24) is 14.7 Å². The van der Waals surface area contributed by atoms with Crippen LogP contribution >= 0.6 is 11.6 Å². The van der Waals surface area contributed by atoms with E-state index in [-0.39, 0.29) is 17.8 Å². The van der Waals surface area contributed by atoms with Crippen LogP contribution in [0.25, 0.3) is 0 Å². The Hall–Kier alpha value is -1.81. The fourth-order valence-corrected chi connectivity index (χ4v) is 3.50. The second kappa shape index (κ2) is 7.39. The van der Waals surface area contributed by atoms with E-state index in [1.54, 1.807) is 0 Å². The molecule has 0 N–H and O–H groups in total. The van der Waals surface area contributed by atoms with E-state index in [9.17, 15) is 4.79 Å². The summed E-state index contributed by atoms with van der Waals surface area (Å²) in [6.45, 7) is 4.68. The van der Waals surface area contributed by atoms with Gasteiger partial charge in [0, 0.05) is 6.20 Å². The van der Waals surface area contributed by atoms with Gasteiger partial charge >= 0.3 is 0 Å². The molecule has 1 amide bonds. The van der Waals surface area contributed by atoms with E-state index in [0.29, 0.717) is 12.6 Å². The monoisotopic (exact) mass is 345 g/mol. The molecule has 1 saturated carbocycles. The van der Waals surface area contributed by atoms with Crippen molar-refractivity contribution < 1.29 is 4.79 Å². The number of carbonyl (C=O) groups is 1. The standard InChI is InChI=1S/C19H24ClN3O/c1-14-6-3-4-9-18(14)15(2)22(19(24)12-20)13-17-10-11-21-23(17)16-7-5-8-16/h3-4,6,9-11,15-16H,5,7-8,12-13H2,1-2H3. The van der Waals surface area contributed by atoms with Gasteiger partial charge in [0.25, 0.3) is 0 Å². The first-order valence-corrected chi connectivity index (χ1v) is 9.08. The van der Waals surface area contributed by atoms with Crippen LogP contribution in [-0.4, -0.2) is 26.5 Å². The molecule has 5 heteroatoms. The van der Waals surface area contributed by atoms with Crippen LogP contribution in [0.1, 0.15) is 55.1 Å². The molecule has 4 nitrogen and oxygen atoms in total. The van der Waals surface area contributed by atoms with Crippen LogP contribution < -0.4 is 0 Å². The molecule has 1 aliphatic rings. The van der Waals surface area contributed by atoms with Gasteiger partial charge in [0.15, 0.2) is 0 Å². The second-order valence-electron chi connectivity index (χ2n) is 6.54. The molecule has 0 aliphatic heterocycles. The number of halogens is 1. The molecule has 0 bridgehead atoms. The summed E-state index contributed by atoms with van der Waals surface area (Å²) in [5.41, 5.74) is 3.43. The molecule has 3 rings (SSSR count). The van der Waals surface area contributed by atoms with Gasteiger partial charge in [-0.05, 0) is 50.3 Å². The van der Waals surface area contributed by atoms with Crippen molar-refractivity contribution in [3.63, 3.8) is 0 Å². The minimum absolute atomic E-state index is 0.00616. The number of alkyl halides is 1. The largest absolute Gasteiger partial charge is 0.329 e. The summed E-state index contributed by atoms with van der Waals surface area (Å²) in [6.07, 6.45) is 5.43. The Morgan fingerprint density at radius 3 is 2.75 bits per heavy atom. The highest BCUT2D eigenvalue weighted by Crippen LogP contribution is 2.33. The van der Waals surface area contributed by atoms with Gasteiger partial charge < -0.3 is 4.90 Å². The predicted octanol–water partition coefficient (Wildman–Crippen LogP) is 4.25. The first-order valence-electron chi connectivity index (χ1n) is 8.55. The minimum atomic E-state index is -0.0474. The molecule has 0 spiro atoms. The number of hydrogen-bond donors (Lipinski definition) is 0. The molecule has 1 aliphatic carbocycles. The fraction of sp³-hybridized carbons (Fsp3) is 0.474.